The van der Waals surface area contributed by atoms with Crippen LogP contribution < -0.4 is 5.73 Å². The number of nitrogens with two attached hydrogens (primary N) is 1. The van der Waals surface area contributed by atoms with Crippen molar-refractivity contribution in [3.8, 4) is 11.4 Å². The Kier molecular flexibility index (Phi) is 2.06. The summed E-state index contributed by atoms with van der Waals surface area (Å²) in [5.41, 5.74) is 6.89. The summed E-state index contributed by atoms with van der Waals surface area (Å²) < 4.78 is 6.33. The minimum absolute atomic E-state index is 0.0751. The molecule has 3 aromatic heterocycles. The lowest BCUT2D eigenvalue weighted by molar-refractivity contribution is 0.0697. The van der Waals surface area contributed by atoms with Crippen LogP contribution >= 0.6 is 0 Å². The van der Waals surface area contributed by atoms with Gasteiger partial charge in [-0.05, 0) is 18.2 Å². The predicted octanol–water partition coefficient (Wildman–Crippen LogP) is 1.27. The molecule has 18 heavy (non-hydrogen) atoms. The minimum atomic E-state index is -1.06. The maximum Gasteiger partial charge on any atom is 0.335 e. The molecule has 0 saturated carbocycles. The topological polar surface area (TPSA) is 107 Å². The highest BCUT2D eigenvalue weighted by molar-refractivity contribution is 5.89. The van der Waals surface area contributed by atoms with Gasteiger partial charge in [-0.15, -0.1) is 5.10 Å². The van der Waals surface area contributed by atoms with Crippen LogP contribution in [0.25, 0.3) is 17.0 Å². The fraction of sp³-hybridized carbons (Fsp3) is 0. The Morgan fingerprint density at radius 2 is 2.28 bits per heavy atom. The Morgan fingerprint density at radius 3 is 2.94 bits per heavy atom. The standard InChI is InChI=1S/C11H8N4O3/c12-8-3-7(11(16)17)4-9-13-10(14-15(8)9)6-1-2-18-5-6/h1-5H,12H2,(H,16,17). The van der Waals surface area contributed by atoms with Gasteiger partial charge >= 0.3 is 5.97 Å². The summed E-state index contributed by atoms with van der Waals surface area (Å²) in [4.78, 5) is 15.1. The number of furan rings is 1. The molecule has 0 saturated heterocycles. The third kappa shape index (κ3) is 1.49. The molecule has 0 amide bonds. The third-order valence-electron chi connectivity index (χ3n) is 2.49. The number of rotatable bonds is 2. The van der Waals surface area contributed by atoms with Crippen molar-refractivity contribution < 1.29 is 14.3 Å². The smallest absolute Gasteiger partial charge is 0.335 e. The highest BCUT2D eigenvalue weighted by Crippen LogP contribution is 2.19. The molecule has 0 aliphatic rings. The number of carboxylic acid groups (broad SMARTS) is 1. The zero-order valence-corrected chi connectivity index (χ0v) is 9.07. The van der Waals surface area contributed by atoms with Gasteiger partial charge in [-0.1, -0.05) is 0 Å². The first-order chi connectivity index (χ1) is 8.65. The number of fused-ring (bicyclic) bond motifs is 1. The molecule has 7 heteroatoms. The number of hydrogen-bond donors (Lipinski definition) is 2. The van der Waals surface area contributed by atoms with Crippen LogP contribution in [0.4, 0.5) is 5.82 Å². The van der Waals surface area contributed by atoms with E-state index in [2.05, 4.69) is 10.1 Å². The van der Waals surface area contributed by atoms with E-state index < -0.39 is 5.97 Å². The first kappa shape index (κ1) is 10.3. The van der Waals surface area contributed by atoms with E-state index in [0.717, 1.165) is 0 Å². The normalized spacial score (nSPS) is 10.9. The van der Waals surface area contributed by atoms with Crippen molar-refractivity contribution in [3.05, 3.63) is 36.3 Å². The van der Waals surface area contributed by atoms with Crippen molar-refractivity contribution >= 4 is 17.4 Å². The lowest BCUT2D eigenvalue weighted by Gasteiger charge is -1.99. The molecule has 3 heterocycles. The molecule has 0 bridgehead atoms. The lowest BCUT2D eigenvalue weighted by Crippen LogP contribution is -2.03. The summed E-state index contributed by atoms with van der Waals surface area (Å²) in [5.74, 6) is -0.415. The maximum absolute atomic E-state index is 10.9. The van der Waals surface area contributed by atoms with Crippen molar-refractivity contribution in [1.82, 2.24) is 14.6 Å². The molecule has 90 valence electrons. The first-order valence-corrected chi connectivity index (χ1v) is 5.07. The Balaban J connectivity index is 2.23. The number of aromatic carboxylic acids is 1. The van der Waals surface area contributed by atoms with E-state index in [-0.39, 0.29) is 11.4 Å². The number of nitrogens with zero attached hydrogens (tertiary/aromatic N) is 3. The van der Waals surface area contributed by atoms with Crippen molar-refractivity contribution in [3.63, 3.8) is 0 Å². The van der Waals surface area contributed by atoms with Gasteiger partial charge in [0.15, 0.2) is 11.5 Å². The predicted molar refractivity (Wildman–Crippen MR) is 62.1 cm³/mol. The number of aromatic nitrogens is 3. The summed E-state index contributed by atoms with van der Waals surface area (Å²) in [6.07, 6.45) is 3.01. The molecule has 0 unspecified atom stereocenters. The average Bonchev–Trinajstić information content (AvgIpc) is 2.96. The molecule has 7 nitrogen and oxygen atoms in total. The Bertz CT molecular complexity index is 730. The second kappa shape index (κ2) is 3.59. The third-order valence-corrected chi connectivity index (χ3v) is 2.49. The zero-order valence-electron chi connectivity index (χ0n) is 9.07. The van der Waals surface area contributed by atoms with Gasteiger partial charge in [0, 0.05) is 0 Å². The monoisotopic (exact) mass is 244 g/mol. The van der Waals surface area contributed by atoms with Crippen LogP contribution in [0.1, 0.15) is 10.4 Å². The molecule has 0 aliphatic carbocycles. The van der Waals surface area contributed by atoms with Gasteiger partial charge in [0.05, 0.1) is 17.4 Å². The Labute approximate surface area is 100 Å². The van der Waals surface area contributed by atoms with Crippen LogP contribution in [0.5, 0.6) is 0 Å². The van der Waals surface area contributed by atoms with E-state index >= 15 is 0 Å². The van der Waals surface area contributed by atoms with Gasteiger partial charge in [0.1, 0.15) is 12.1 Å². The van der Waals surface area contributed by atoms with E-state index in [9.17, 15) is 4.79 Å². The first-order valence-electron chi connectivity index (χ1n) is 5.07. The van der Waals surface area contributed by atoms with Crippen molar-refractivity contribution in [2.75, 3.05) is 5.73 Å². The molecule has 0 spiro atoms. The quantitative estimate of drug-likeness (QED) is 0.703. The van der Waals surface area contributed by atoms with E-state index in [1.807, 2.05) is 0 Å². The number of carbonyl (C=O) groups is 1. The van der Waals surface area contributed by atoms with Gasteiger partial charge in [0.2, 0.25) is 0 Å². The average molecular weight is 244 g/mol. The van der Waals surface area contributed by atoms with Gasteiger partial charge in [-0.2, -0.15) is 4.52 Å². The van der Waals surface area contributed by atoms with E-state index in [4.69, 9.17) is 15.3 Å². The second-order valence-corrected chi connectivity index (χ2v) is 3.69. The highest BCUT2D eigenvalue weighted by Gasteiger charge is 2.12. The molecular formula is C11H8N4O3. The van der Waals surface area contributed by atoms with Gasteiger partial charge < -0.3 is 15.3 Å². The van der Waals surface area contributed by atoms with Crippen LogP contribution in [0.3, 0.4) is 0 Å². The molecule has 3 aromatic rings. The van der Waals surface area contributed by atoms with Crippen LogP contribution in [0.15, 0.2) is 35.1 Å². The number of carboxylic acids is 1. The van der Waals surface area contributed by atoms with Crippen LogP contribution in [0, 0.1) is 0 Å². The van der Waals surface area contributed by atoms with Gasteiger partial charge in [0.25, 0.3) is 0 Å². The summed E-state index contributed by atoms with van der Waals surface area (Å²) in [6, 6.07) is 4.46. The fourth-order valence-electron chi connectivity index (χ4n) is 1.65. The molecule has 0 atom stereocenters. The van der Waals surface area contributed by atoms with Crippen molar-refractivity contribution in [2.24, 2.45) is 0 Å². The second-order valence-electron chi connectivity index (χ2n) is 3.69. The van der Waals surface area contributed by atoms with Crippen LogP contribution in [-0.4, -0.2) is 25.7 Å². The fourth-order valence-corrected chi connectivity index (χ4v) is 1.65. The zero-order chi connectivity index (χ0) is 12.7. The van der Waals surface area contributed by atoms with Gasteiger partial charge in [-0.3, -0.25) is 0 Å². The summed E-state index contributed by atoms with van der Waals surface area (Å²) in [6.45, 7) is 0. The molecule has 0 aliphatic heterocycles. The van der Waals surface area contributed by atoms with E-state index in [1.54, 1.807) is 6.07 Å². The number of pyridine rings is 1. The lowest BCUT2D eigenvalue weighted by atomic mass is 10.2. The summed E-state index contributed by atoms with van der Waals surface area (Å²) >= 11 is 0. The van der Waals surface area contributed by atoms with E-state index in [0.29, 0.717) is 17.0 Å². The maximum atomic E-state index is 10.9. The molecule has 0 aromatic carbocycles. The molecule has 0 fully saturated rings. The molecular weight excluding hydrogens is 236 g/mol. The number of hydrogen-bond acceptors (Lipinski definition) is 5. The largest absolute Gasteiger partial charge is 0.478 e. The minimum Gasteiger partial charge on any atom is -0.478 e. The Morgan fingerprint density at radius 1 is 1.44 bits per heavy atom. The Hall–Kier alpha value is -2.83. The summed E-state index contributed by atoms with van der Waals surface area (Å²) in [7, 11) is 0. The van der Waals surface area contributed by atoms with Gasteiger partial charge in [-0.25, -0.2) is 9.78 Å². The van der Waals surface area contributed by atoms with E-state index in [1.165, 1.54) is 29.2 Å². The SMILES string of the molecule is Nc1cc(C(=O)O)cc2nc(-c3ccoc3)nn12. The molecule has 3 rings (SSSR count). The van der Waals surface area contributed by atoms with Crippen LogP contribution in [-0.2, 0) is 0 Å². The number of nitrogen functional groups attached to an aromatic ring is 1. The van der Waals surface area contributed by atoms with Crippen molar-refractivity contribution in [2.45, 2.75) is 0 Å². The summed E-state index contributed by atoms with van der Waals surface area (Å²) in [5, 5.41) is 13.1. The van der Waals surface area contributed by atoms with Crippen molar-refractivity contribution in [1.29, 1.82) is 0 Å². The highest BCUT2D eigenvalue weighted by atomic mass is 16.4. The molecule has 3 N–H and O–H groups in total. The molecule has 0 radical (unpaired) electrons. The van der Waals surface area contributed by atoms with Crippen LogP contribution in [0.2, 0.25) is 0 Å². The number of anilines is 1.